The van der Waals surface area contributed by atoms with Crippen molar-refractivity contribution >= 4 is 40.2 Å². The van der Waals surface area contributed by atoms with Gasteiger partial charge in [0.25, 0.3) is 0 Å². The maximum Gasteiger partial charge on any atom is 0.179 e. The van der Waals surface area contributed by atoms with Gasteiger partial charge in [-0.05, 0) is 79.4 Å². The Bertz CT molecular complexity index is 1850. The summed E-state index contributed by atoms with van der Waals surface area (Å²) in [6.45, 7) is 4.31. The maximum absolute atomic E-state index is 5.36. The van der Waals surface area contributed by atoms with Gasteiger partial charge in [0.1, 0.15) is 0 Å². The summed E-state index contributed by atoms with van der Waals surface area (Å²) in [5, 5.41) is 8.69. The van der Waals surface area contributed by atoms with Crippen LogP contribution >= 0.6 is 0 Å². The number of unbranched alkanes of at least 4 members (excludes halogenated alkanes) is 1. The third-order valence-electron chi connectivity index (χ3n) is 8.40. The number of fused-ring (bicyclic) bond motifs is 4. The van der Waals surface area contributed by atoms with Crippen molar-refractivity contribution in [3.8, 4) is 5.69 Å². The molecule has 1 unspecified atom stereocenters. The molecule has 5 aromatic rings. The minimum absolute atomic E-state index is 0.156. The lowest BCUT2D eigenvalue weighted by atomic mass is 9.93. The molecule has 4 aromatic carbocycles. The number of nitrogens with zero attached hydrogens (tertiary/aromatic N) is 6. The zero-order chi connectivity index (χ0) is 30.2. The number of hydrogen-bond acceptors (Lipinski definition) is 6. The van der Waals surface area contributed by atoms with E-state index in [9.17, 15) is 0 Å². The molecule has 7 heteroatoms. The minimum atomic E-state index is -0.156. The summed E-state index contributed by atoms with van der Waals surface area (Å²) in [6, 6.07) is 35.9. The number of aliphatic imine (C=N–C) groups is 2. The molecule has 2 aliphatic rings. The van der Waals surface area contributed by atoms with Crippen LogP contribution in [0.25, 0.3) is 5.69 Å². The molecular weight excluding hydrogens is 542 g/mol. The van der Waals surface area contributed by atoms with Gasteiger partial charge in [0, 0.05) is 31.0 Å². The van der Waals surface area contributed by atoms with Crippen molar-refractivity contribution in [2.75, 3.05) is 29.2 Å². The third-order valence-corrected chi connectivity index (χ3v) is 8.40. The van der Waals surface area contributed by atoms with Crippen LogP contribution in [-0.4, -0.2) is 35.5 Å². The molecule has 0 aliphatic carbocycles. The van der Waals surface area contributed by atoms with Crippen LogP contribution in [0.3, 0.4) is 0 Å². The molecule has 2 aliphatic heterocycles. The Morgan fingerprint density at radius 1 is 0.818 bits per heavy atom. The molecule has 1 atom stereocenters. The van der Waals surface area contributed by atoms with Gasteiger partial charge in [-0.2, -0.15) is 5.10 Å². The Morgan fingerprint density at radius 3 is 2.27 bits per heavy atom. The van der Waals surface area contributed by atoms with Gasteiger partial charge >= 0.3 is 0 Å². The molecule has 7 nitrogen and oxygen atoms in total. The van der Waals surface area contributed by atoms with Crippen LogP contribution in [0.5, 0.6) is 0 Å². The van der Waals surface area contributed by atoms with E-state index >= 15 is 0 Å². The second-order valence-corrected chi connectivity index (χ2v) is 11.6. The smallest absolute Gasteiger partial charge is 0.179 e. The lowest BCUT2D eigenvalue weighted by Gasteiger charge is -2.40. The number of hydrogen-bond donors (Lipinski definition) is 1. The fraction of sp³-hybridized carbons (Fsp3) is 0.216. The van der Waals surface area contributed by atoms with Gasteiger partial charge in [0.2, 0.25) is 0 Å². The third kappa shape index (κ3) is 4.94. The van der Waals surface area contributed by atoms with Crippen molar-refractivity contribution in [1.29, 1.82) is 0 Å². The summed E-state index contributed by atoms with van der Waals surface area (Å²) in [5.41, 5.74) is 9.58. The van der Waals surface area contributed by atoms with Crippen LogP contribution in [-0.2, 0) is 6.42 Å². The van der Waals surface area contributed by atoms with Crippen molar-refractivity contribution in [3.05, 3.63) is 126 Å². The number of para-hydroxylation sites is 3. The SMILES string of the molecule is CCCCc1ccc(NC2=Nc3ccccc3N3C2=Nc2c(c(C)nn2-c2ccccc2)C3c2ccc(N(C)C)cc2)cc1. The fourth-order valence-corrected chi connectivity index (χ4v) is 6.09. The van der Waals surface area contributed by atoms with Crippen molar-refractivity contribution in [2.24, 2.45) is 9.98 Å². The number of benzene rings is 4. The Kier molecular flexibility index (Phi) is 7.22. The lowest BCUT2D eigenvalue weighted by Crippen LogP contribution is -2.46. The van der Waals surface area contributed by atoms with E-state index in [0.29, 0.717) is 5.84 Å². The zero-order valence-electron chi connectivity index (χ0n) is 25.7. The maximum atomic E-state index is 5.36. The fourth-order valence-electron chi connectivity index (χ4n) is 6.09. The highest BCUT2D eigenvalue weighted by Gasteiger charge is 2.41. The predicted molar refractivity (Wildman–Crippen MR) is 183 cm³/mol. The summed E-state index contributed by atoms with van der Waals surface area (Å²) < 4.78 is 1.97. The monoisotopic (exact) mass is 579 g/mol. The highest BCUT2D eigenvalue weighted by atomic mass is 15.4. The Morgan fingerprint density at radius 2 is 1.55 bits per heavy atom. The Balaban J connectivity index is 1.41. The molecule has 0 saturated carbocycles. The van der Waals surface area contributed by atoms with E-state index < -0.39 is 0 Å². The van der Waals surface area contributed by atoms with Gasteiger partial charge in [-0.1, -0.05) is 67.9 Å². The molecular formula is C37H37N7. The second kappa shape index (κ2) is 11.5. The molecule has 7 rings (SSSR count). The van der Waals surface area contributed by atoms with Gasteiger partial charge in [-0.3, -0.25) is 0 Å². The van der Waals surface area contributed by atoms with Crippen LogP contribution in [0.15, 0.2) is 113 Å². The molecule has 0 spiro atoms. The van der Waals surface area contributed by atoms with Crippen LogP contribution in [0, 0.1) is 6.92 Å². The van der Waals surface area contributed by atoms with E-state index in [0.717, 1.165) is 63.3 Å². The van der Waals surface area contributed by atoms with E-state index in [1.165, 1.54) is 18.4 Å². The van der Waals surface area contributed by atoms with Crippen molar-refractivity contribution in [2.45, 2.75) is 39.2 Å². The number of anilines is 3. The summed E-state index contributed by atoms with van der Waals surface area (Å²) >= 11 is 0. The van der Waals surface area contributed by atoms with Crippen molar-refractivity contribution in [1.82, 2.24) is 9.78 Å². The number of nitrogens with one attached hydrogen (secondary N) is 1. The summed E-state index contributed by atoms with van der Waals surface area (Å²) in [4.78, 5) is 15.0. The van der Waals surface area contributed by atoms with Gasteiger partial charge in [0.15, 0.2) is 17.5 Å². The van der Waals surface area contributed by atoms with E-state index in [-0.39, 0.29) is 6.04 Å². The molecule has 44 heavy (non-hydrogen) atoms. The first-order valence-corrected chi connectivity index (χ1v) is 15.4. The average Bonchev–Trinajstić information content (AvgIpc) is 3.39. The highest BCUT2D eigenvalue weighted by molar-refractivity contribution is 6.51. The largest absolute Gasteiger partial charge is 0.378 e. The highest BCUT2D eigenvalue weighted by Crippen LogP contribution is 2.48. The molecule has 220 valence electrons. The first-order chi connectivity index (χ1) is 21.5. The van der Waals surface area contributed by atoms with Crippen molar-refractivity contribution < 1.29 is 0 Å². The standard InChI is InChI=1S/C37H37N7/c1-5-6-12-26-17-21-28(22-18-26)38-35-37-40-36-33(25(2)41-44(36)30-13-8-7-9-14-30)34(27-19-23-29(24-20-27)42(3)4)43(37)32-16-11-10-15-31(32)39-35/h7-11,13-24,34H,5-6,12H2,1-4H3,(H,38,39). The Hall–Kier alpha value is -5.17. The Labute approximate surface area is 259 Å². The molecule has 0 bridgehead atoms. The van der Waals surface area contributed by atoms with E-state index in [2.05, 4.69) is 122 Å². The lowest BCUT2D eigenvalue weighted by molar-refractivity contribution is 0.795. The van der Waals surface area contributed by atoms with Gasteiger partial charge < -0.3 is 15.1 Å². The average molecular weight is 580 g/mol. The molecule has 1 N–H and O–H groups in total. The summed E-state index contributed by atoms with van der Waals surface area (Å²) in [5.74, 6) is 2.31. The molecule has 0 radical (unpaired) electrons. The van der Waals surface area contributed by atoms with E-state index in [4.69, 9.17) is 15.1 Å². The molecule has 3 heterocycles. The molecule has 1 aromatic heterocycles. The van der Waals surface area contributed by atoms with Gasteiger partial charge in [-0.15, -0.1) is 0 Å². The zero-order valence-corrected chi connectivity index (χ0v) is 25.7. The second-order valence-electron chi connectivity index (χ2n) is 11.6. The number of rotatable bonds is 7. The summed E-state index contributed by atoms with van der Waals surface area (Å²) in [6.07, 6.45) is 3.47. The topological polar surface area (TPSA) is 61.1 Å². The van der Waals surface area contributed by atoms with Crippen LogP contribution in [0.2, 0.25) is 0 Å². The quantitative estimate of drug-likeness (QED) is 0.210. The molecule has 0 saturated heterocycles. The molecule has 0 fully saturated rings. The summed E-state index contributed by atoms with van der Waals surface area (Å²) in [7, 11) is 4.14. The normalized spacial score (nSPS) is 15.1. The van der Waals surface area contributed by atoms with Gasteiger partial charge in [0.05, 0.1) is 28.8 Å². The van der Waals surface area contributed by atoms with Gasteiger partial charge in [-0.25, -0.2) is 14.7 Å². The van der Waals surface area contributed by atoms with Crippen LogP contribution < -0.4 is 15.1 Å². The first-order valence-electron chi connectivity index (χ1n) is 15.4. The van der Waals surface area contributed by atoms with Crippen LogP contribution in [0.4, 0.5) is 28.6 Å². The number of aryl methyl sites for hydroxylation is 2. The van der Waals surface area contributed by atoms with E-state index in [1.807, 2.05) is 28.9 Å². The van der Waals surface area contributed by atoms with Crippen LogP contribution in [0.1, 0.15) is 48.2 Å². The molecule has 0 amide bonds. The predicted octanol–water partition coefficient (Wildman–Crippen LogP) is 8.38. The number of amidine groups is 2. The minimum Gasteiger partial charge on any atom is -0.378 e. The van der Waals surface area contributed by atoms with Crippen molar-refractivity contribution in [3.63, 3.8) is 0 Å². The van der Waals surface area contributed by atoms with E-state index in [1.54, 1.807) is 0 Å². The first kappa shape index (κ1) is 27.7. The number of aromatic nitrogens is 2.